The molecule has 1 aliphatic rings. The first-order valence-electron chi connectivity index (χ1n) is 9.96. The van der Waals surface area contributed by atoms with Gasteiger partial charge in [0, 0.05) is 36.9 Å². The van der Waals surface area contributed by atoms with Gasteiger partial charge in [0.25, 0.3) is 0 Å². The van der Waals surface area contributed by atoms with Crippen molar-refractivity contribution in [3.63, 3.8) is 0 Å². The summed E-state index contributed by atoms with van der Waals surface area (Å²) in [5.41, 5.74) is 5.43. The summed E-state index contributed by atoms with van der Waals surface area (Å²) in [6.07, 6.45) is 1.81. The molecule has 6 nitrogen and oxygen atoms in total. The molecule has 0 amide bonds. The van der Waals surface area contributed by atoms with Crippen molar-refractivity contribution in [1.29, 1.82) is 0 Å². The van der Waals surface area contributed by atoms with Gasteiger partial charge in [0.1, 0.15) is 5.75 Å². The number of hydrogen-bond donors (Lipinski definition) is 2. The van der Waals surface area contributed by atoms with Gasteiger partial charge in [0.05, 0.1) is 24.4 Å². The van der Waals surface area contributed by atoms with E-state index >= 15 is 0 Å². The number of aryl methyl sites for hydroxylation is 1. The van der Waals surface area contributed by atoms with Gasteiger partial charge in [-0.25, -0.2) is 0 Å². The second kappa shape index (κ2) is 8.45. The molecular weight excluding hydrogens is 396 g/mol. The summed E-state index contributed by atoms with van der Waals surface area (Å²) in [5, 5.41) is 13.9. The number of aromatic hydroxyl groups is 1. The van der Waals surface area contributed by atoms with E-state index in [9.17, 15) is 5.11 Å². The Bertz CT molecular complexity index is 1030. The number of aromatic nitrogens is 2. The van der Waals surface area contributed by atoms with Gasteiger partial charge in [0.2, 0.25) is 0 Å². The van der Waals surface area contributed by atoms with Gasteiger partial charge in [-0.15, -0.1) is 0 Å². The van der Waals surface area contributed by atoms with Crippen LogP contribution in [0.3, 0.4) is 0 Å². The van der Waals surface area contributed by atoms with Crippen LogP contribution in [0.1, 0.15) is 34.7 Å². The summed E-state index contributed by atoms with van der Waals surface area (Å²) in [6.45, 7) is 5.50. The van der Waals surface area contributed by atoms with Crippen molar-refractivity contribution in [3.05, 3.63) is 77.4 Å². The van der Waals surface area contributed by atoms with Crippen LogP contribution in [0.5, 0.6) is 5.75 Å². The van der Waals surface area contributed by atoms with Gasteiger partial charge in [0.15, 0.2) is 5.11 Å². The molecule has 0 bridgehead atoms. The molecule has 7 heteroatoms. The summed E-state index contributed by atoms with van der Waals surface area (Å²) in [5.74, 6) is 0.257. The number of hydrogen-bond acceptors (Lipinski definition) is 4. The number of pyridine rings is 1. The first kappa shape index (κ1) is 20.4. The molecule has 0 aliphatic carbocycles. The highest BCUT2D eigenvalue weighted by Gasteiger charge is 2.41. The number of ether oxygens (including phenoxy) is 1. The molecule has 156 valence electrons. The Morgan fingerprint density at radius 1 is 1.17 bits per heavy atom. The Kier molecular flexibility index (Phi) is 5.74. The Morgan fingerprint density at radius 2 is 1.93 bits per heavy atom. The Balaban J connectivity index is 1.81. The van der Waals surface area contributed by atoms with Crippen LogP contribution in [-0.4, -0.2) is 44.9 Å². The standard InChI is InChI=1S/C23H26N4O2S/c1-15-14-19(16(2)27(15)17-7-9-18(28)10-8-17)22-21(20-6-4-5-11-24-20)25-23(30)26(22)12-13-29-3/h4-11,14,21-22,28H,12-13H2,1-3H3,(H,25,30). The molecule has 1 aliphatic heterocycles. The van der Waals surface area contributed by atoms with E-state index < -0.39 is 0 Å². The summed E-state index contributed by atoms with van der Waals surface area (Å²) < 4.78 is 7.55. The van der Waals surface area contributed by atoms with Crippen LogP contribution >= 0.6 is 12.2 Å². The van der Waals surface area contributed by atoms with Gasteiger partial charge < -0.3 is 24.6 Å². The van der Waals surface area contributed by atoms with E-state index in [1.54, 1.807) is 19.2 Å². The molecule has 0 spiro atoms. The molecule has 30 heavy (non-hydrogen) atoms. The average Bonchev–Trinajstić information content (AvgIpc) is 3.23. The van der Waals surface area contributed by atoms with Crippen molar-refractivity contribution in [2.24, 2.45) is 0 Å². The maximum absolute atomic E-state index is 9.67. The van der Waals surface area contributed by atoms with Gasteiger partial charge in [-0.3, -0.25) is 4.98 Å². The first-order chi connectivity index (χ1) is 14.5. The maximum Gasteiger partial charge on any atom is 0.170 e. The number of methoxy groups -OCH3 is 1. The smallest absolute Gasteiger partial charge is 0.170 e. The number of nitrogens with zero attached hydrogens (tertiary/aromatic N) is 3. The third-order valence-corrected chi connectivity index (χ3v) is 5.98. The van der Waals surface area contributed by atoms with E-state index in [2.05, 4.69) is 39.7 Å². The lowest BCUT2D eigenvalue weighted by atomic mass is 9.97. The van der Waals surface area contributed by atoms with E-state index in [1.165, 1.54) is 5.56 Å². The minimum atomic E-state index is -0.0516. The Labute approximate surface area is 182 Å². The summed E-state index contributed by atoms with van der Waals surface area (Å²) in [7, 11) is 1.70. The van der Waals surface area contributed by atoms with Crippen molar-refractivity contribution in [2.75, 3.05) is 20.3 Å². The van der Waals surface area contributed by atoms with Crippen molar-refractivity contribution in [1.82, 2.24) is 19.8 Å². The topological polar surface area (TPSA) is 62.5 Å². The van der Waals surface area contributed by atoms with Crippen molar-refractivity contribution in [3.8, 4) is 11.4 Å². The van der Waals surface area contributed by atoms with Crippen molar-refractivity contribution in [2.45, 2.75) is 25.9 Å². The fourth-order valence-corrected chi connectivity index (χ4v) is 4.59. The molecule has 4 rings (SSSR count). The molecule has 0 saturated carbocycles. The number of phenols is 1. The van der Waals surface area contributed by atoms with Crippen molar-refractivity contribution < 1.29 is 9.84 Å². The third-order valence-electron chi connectivity index (χ3n) is 5.63. The van der Waals surface area contributed by atoms with Crippen LogP contribution < -0.4 is 5.32 Å². The van der Waals surface area contributed by atoms with Crippen LogP contribution in [0.15, 0.2) is 54.7 Å². The zero-order valence-corrected chi connectivity index (χ0v) is 18.2. The van der Waals surface area contributed by atoms with Crippen LogP contribution in [0, 0.1) is 13.8 Å². The number of rotatable bonds is 6. The predicted octanol–water partition coefficient (Wildman–Crippen LogP) is 3.81. The van der Waals surface area contributed by atoms with E-state index in [4.69, 9.17) is 17.0 Å². The van der Waals surface area contributed by atoms with Crippen LogP contribution in [0.2, 0.25) is 0 Å². The largest absolute Gasteiger partial charge is 0.508 e. The van der Waals surface area contributed by atoms with Crippen LogP contribution in [0.25, 0.3) is 5.69 Å². The minimum absolute atomic E-state index is 0.000356. The normalized spacial score (nSPS) is 18.6. The molecule has 3 aromatic rings. The van der Waals surface area contributed by atoms with Crippen LogP contribution in [-0.2, 0) is 4.74 Å². The van der Waals surface area contributed by atoms with Gasteiger partial charge in [-0.1, -0.05) is 6.07 Å². The zero-order chi connectivity index (χ0) is 21.3. The SMILES string of the molecule is COCCN1C(=S)NC(c2ccccn2)C1c1cc(C)n(-c2ccc(O)cc2)c1C. The predicted molar refractivity (Wildman–Crippen MR) is 121 cm³/mol. The number of benzene rings is 1. The fourth-order valence-electron chi connectivity index (χ4n) is 4.26. The van der Waals surface area contributed by atoms with E-state index in [-0.39, 0.29) is 17.8 Å². The summed E-state index contributed by atoms with van der Waals surface area (Å²) in [4.78, 5) is 6.79. The Morgan fingerprint density at radius 3 is 2.60 bits per heavy atom. The second-order valence-electron chi connectivity index (χ2n) is 7.49. The van der Waals surface area contributed by atoms with Crippen LogP contribution in [0.4, 0.5) is 0 Å². The average molecular weight is 423 g/mol. The zero-order valence-electron chi connectivity index (χ0n) is 17.4. The highest BCUT2D eigenvalue weighted by atomic mass is 32.1. The molecule has 1 fully saturated rings. The molecule has 2 atom stereocenters. The van der Waals surface area contributed by atoms with Gasteiger partial charge in [-0.2, -0.15) is 0 Å². The van der Waals surface area contributed by atoms with Gasteiger partial charge >= 0.3 is 0 Å². The maximum atomic E-state index is 9.67. The highest BCUT2D eigenvalue weighted by Crippen LogP contribution is 2.41. The monoisotopic (exact) mass is 422 g/mol. The number of nitrogens with one attached hydrogen (secondary N) is 1. The van der Waals surface area contributed by atoms with Gasteiger partial charge in [-0.05, 0) is 74.1 Å². The van der Waals surface area contributed by atoms with E-state index in [0.29, 0.717) is 18.3 Å². The quantitative estimate of drug-likeness (QED) is 0.589. The highest BCUT2D eigenvalue weighted by molar-refractivity contribution is 7.80. The lowest BCUT2D eigenvalue weighted by Crippen LogP contribution is -2.32. The lowest BCUT2D eigenvalue weighted by molar-refractivity contribution is 0.164. The van der Waals surface area contributed by atoms with Crippen molar-refractivity contribution >= 4 is 17.3 Å². The molecular formula is C23H26N4O2S. The third kappa shape index (κ3) is 3.66. The Hall–Kier alpha value is -2.90. The van der Waals surface area contributed by atoms with E-state index in [0.717, 1.165) is 22.8 Å². The summed E-state index contributed by atoms with van der Waals surface area (Å²) in [6, 6.07) is 15.4. The summed E-state index contributed by atoms with van der Waals surface area (Å²) >= 11 is 5.70. The minimum Gasteiger partial charge on any atom is -0.508 e. The molecule has 3 heterocycles. The molecule has 2 aromatic heterocycles. The molecule has 0 radical (unpaired) electrons. The lowest BCUT2D eigenvalue weighted by Gasteiger charge is -2.28. The molecule has 1 saturated heterocycles. The molecule has 2 unspecified atom stereocenters. The molecule has 2 N–H and O–H groups in total. The number of phenolic OH excluding ortho intramolecular Hbond substituents is 1. The van der Waals surface area contributed by atoms with E-state index in [1.807, 2.05) is 36.5 Å². The molecule has 1 aromatic carbocycles. The second-order valence-corrected chi connectivity index (χ2v) is 7.88. The number of thiocarbonyl (C=S) groups is 1. The fraction of sp³-hybridized carbons (Fsp3) is 0.304. The first-order valence-corrected chi connectivity index (χ1v) is 10.4.